The second-order valence-electron chi connectivity index (χ2n) is 11.1. The Hall–Kier alpha value is 1.41. The number of benzene rings is 1. The van der Waals surface area contributed by atoms with Gasteiger partial charge in [0.25, 0.3) is 0 Å². The van der Waals surface area contributed by atoms with Gasteiger partial charge in [0.05, 0.1) is 0 Å². The topological polar surface area (TPSA) is 40.5 Å². The Bertz CT molecular complexity index is 576. The third-order valence-corrected chi connectivity index (χ3v) is 10.0. The number of phenolic OH excluding ortho intramolecular Hbond substituents is 2. The molecule has 2 fully saturated rings. The quantitative estimate of drug-likeness (QED) is 0.216. The Balaban J connectivity index is 0. The SMILES string of the molecule is CC1C(C)C(C)C(C)C1C.CC1C(C)C(C)C(C)C1C.Cc1c(O)ccc(O)c1C.[Cl][Ti][Cl].[Cl][Ti][Cl]. The summed E-state index contributed by atoms with van der Waals surface area (Å²) in [6.07, 6.45) is 0. The zero-order valence-electron chi connectivity index (χ0n) is 24.3. The van der Waals surface area contributed by atoms with Gasteiger partial charge in [-0.15, -0.1) is 0 Å². The second kappa shape index (κ2) is 20.3. The summed E-state index contributed by atoms with van der Waals surface area (Å²) in [5, 5.41) is 18.2. The third kappa shape index (κ3) is 12.3. The summed E-state index contributed by atoms with van der Waals surface area (Å²) in [5.74, 6) is 9.82. The molecule has 0 aliphatic heterocycles. The van der Waals surface area contributed by atoms with E-state index in [-0.39, 0.29) is 11.5 Å². The van der Waals surface area contributed by atoms with Crippen LogP contribution < -0.4 is 0 Å². The van der Waals surface area contributed by atoms with Crippen LogP contribution in [0.5, 0.6) is 11.5 Å². The van der Waals surface area contributed by atoms with Gasteiger partial charge in [-0.3, -0.25) is 0 Å². The van der Waals surface area contributed by atoms with E-state index in [0.29, 0.717) is 0 Å². The maximum atomic E-state index is 9.11. The first kappa shape index (κ1) is 39.6. The van der Waals surface area contributed by atoms with Gasteiger partial charge in [-0.2, -0.15) is 0 Å². The first-order valence-corrected chi connectivity index (χ1v) is 21.6. The molecule has 1 aromatic carbocycles. The van der Waals surface area contributed by atoms with Gasteiger partial charge in [-0.1, -0.05) is 69.2 Å². The molecule has 2 aliphatic carbocycles. The Kier molecular flexibility index (Phi) is 22.3. The van der Waals surface area contributed by atoms with Gasteiger partial charge in [-0.05, 0) is 96.3 Å². The van der Waals surface area contributed by atoms with Crippen LogP contribution in [0.3, 0.4) is 0 Å². The van der Waals surface area contributed by atoms with Crippen molar-refractivity contribution in [1.82, 2.24) is 0 Å². The van der Waals surface area contributed by atoms with E-state index in [1.165, 1.54) is 12.1 Å². The molecule has 2 saturated carbocycles. The average Bonchev–Trinajstić information content (AvgIpc) is 3.12. The van der Waals surface area contributed by atoms with Crippen molar-refractivity contribution < 1.29 is 44.3 Å². The molecule has 2 aliphatic rings. The molecule has 0 bridgehead atoms. The van der Waals surface area contributed by atoms with Gasteiger partial charge in [0.2, 0.25) is 0 Å². The Morgan fingerprint density at radius 1 is 0.444 bits per heavy atom. The normalized spacial score (nSPS) is 34.3. The summed E-state index contributed by atoms with van der Waals surface area (Å²) in [5.41, 5.74) is 1.47. The first-order valence-electron chi connectivity index (χ1n) is 13.0. The van der Waals surface area contributed by atoms with Crippen molar-refractivity contribution in [2.24, 2.45) is 59.2 Å². The fourth-order valence-corrected chi connectivity index (χ4v) is 5.58. The molecule has 2 nitrogen and oxygen atoms in total. The Morgan fingerprint density at radius 3 is 0.667 bits per heavy atom. The predicted molar refractivity (Wildman–Crippen MR) is 154 cm³/mol. The summed E-state index contributed by atoms with van der Waals surface area (Å²) < 4.78 is 0. The van der Waals surface area contributed by atoms with Gasteiger partial charge in [0.15, 0.2) is 0 Å². The number of hydrogen-bond donors (Lipinski definition) is 2. The molecule has 2 N–H and O–H groups in total. The average molecular weight is 656 g/mol. The number of aromatic hydroxyl groups is 2. The summed E-state index contributed by atoms with van der Waals surface area (Å²) >= 11 is -1.11. The van der Waals surface area contributed by atoms with Crippen LogP contribution in [0.15, 0.2) is 12.1 Å². The van der Waals surface area contributed by atoms with Gasteiger partial charge >= 0.3 is 71.3 Å². The summed E-state index contributed by atoms with van der Waals surface area (Å²) in [6, 6.07) is 2.97. The summed E-state index contributed by atoms with van der Waals surface area (Å²) in [6.45, 7) is 27.5. The van der Waals surface area contributed by atoms with E-state index in [4.69, 9.17) is 47.4 Å². The van der Waals surface area contributed by atoms with Crippen molar-refractivity contribution in [2.45, 2.75) is 83.1 Å². The van der Waals surface area contributed by atoms with Crippen molar-refractivity contribution in [1.29, 1.82) is 0 Å². The maximum absolute atomic E-state index is 9.11. The molecule has 0 atom stereocenters. The summed E-state index contributed by atoms with van der Waals surface area (Å²) in [7, 11) is 19.6. The van der Waals surface area contributed by atoms with Crippen molar-refractivity contribution in [3.05, 3.63) is 23.3 Å². The number of rotatable bonds is 0. The Morgan fingerprint density at radius 2 is 0.556 bits per heavy atom. The molecule has 0 spiro atoms. The van der Waals surface area contributed by atoms with E-state index in [9.17, 15) is 0 Å². The molecule has 0 saturated heterocycles. The molecule has 0 radical (unpaired) electrons. The zero-order valence-corrected chi connectivity index (χ0v) is 30.5. The standard InChI is InChI=1S/2C10H20.C8H10O2.4ClH.2Ti/c2*1-6-7(2)9(4)10(5)8(6)3;1-5-6(2)8(10)4-3-7(5)9;;;;;;/h2*6-10H,1-5H3;3-4,9-10H,1-2H3;4*1H;;/q;;;;;;;2*+2/p-4. The number of phenols is 2. The molecule has 36 heavy (non-hydrogen) atoms. The monoisotopic (exact) mass is 654 g/mol. The molecule has 8 heteroatoms. The van der Waals surface area contributed by atoms with Crippen LogP contribution in [0.2, 0.25) is 0 Å². The van der Waals surface area contributed by atoms with E-state index in [2.05, 4.69) is 69.2 Å². The van der Waals surface area contributed by atoms with Crippen LogP contribution in [0, 0.1) is 73.0 Å². The van der Waals surface area contributed by atoms with Crippen LogP contribution in [0.1, 0.15) is 80.4 Å². The first-order chi connectivity index (χ1) is 16.6. The van der Waals surface area contributed by atoms with E-state index < -0.39 is 34.1 Å². The number of hydrogen-bond acceptors (Lipinski definition) is 2. The minimum atomic E-state index is -0.556. The number of halogens is 4. The molecule has 1 aromatic rings. The minimum absolute atomic E-state index is 0.232. The van der Waals surface area contributed by atoms with E-state index in [1.54, 1.807) is 13.8 Å². The fraction of sp³-hybridized carbons (Fsp3) is 0.786. The summed E-state index contributed by atoms with van der Waals surface area (Å²) in [4.78, 5) is 0. The van der Waals surface area contributed by atoms with E-state index >= 15 is 0 Å². The van der Waals surface area contributed by atoms with Gasteiger partial charge in [0, 0.05) is 0 Å². The van der Waals surface area contributed by atoms with Crippen LogP contribution >= 0.6 is 37.2 Å². The van der Waals surface area contributed by atoms with Crippen molar-refractivity contribution in [3.63, 3.8) is 0 Å². The zero-order chi connectivity index (χ0) is 28.9. The van der Waals surface area contributed by atoms with E-state index in [0.717, 1.165) is 70.3 Å². The molecule has 0 aromatic heterocycles. The molecule has 0 amide bonds. The molecular weight excluding hydrogens is 606 g/mol. The molecule has 3 rings (SSSR count). The van der Waals surface area contributed by atoms with Crippen molar-refractivity contribution >= 4 is 37.2 Å². The van der Waals surface area contributed by atoms with Gasteiger partial charge < -0.3 is 10.2 Å². The van der Waals surface area contributed by atoms with Crippen LogP contribution in [0.4, 0.5) is 0 Å². The molecule has 0 heterocycles. The predicted octanol–water partition coefficient (Wildman–Crippen LogP) is 10.8. The fourth-order valence-electron chi connectivity index (χ4n) is 5.58. The van der Waals surface area contributed by atoms with Crippen molar-refractivity contribution in [2.75, 3.05) is 0 Å². The molecular formula is C28H50Cl4O2Ti2. The van der Waals surface area contributed by atoms with Gasteiger partial charge in [-0.25, -0.2) is 0 Å². The second-order valence-corrected chi connectivity index (χ2v) is 16.2. The Labute approximate surface area is 256 Å². The third-order valence-electron chi connectivity index (χ3n) is 10.0. The molecule has 210 valence electrons. The van der Waals surface area contributed by atoms with Crippen LogP contribution in [0.25, 0.3) is 0 Å². The van der Waals surface area contributed by atoms with E-state index in [1.807, 2.05) is 0 Å². The molecule has 0 unspecified atom stereocenters. The van der Waals surface area contributed by atoms with Crippen LogP contribution in [-0.2, 0) is 34.1 Å². The van der Waals surface area contributed by atoms with Gasteiger partial charge in [0.1, 0.15) is 11.5 Å². The van der Waals surface area contributed by atoms with Crippen molar-refractivity contribution in [3.8, 4) is 11.5 Å². The van der Waals surface area contributed by atoms with Crippen LogP contribution in [-0.4, -0.2) is 10.2 Å².